The van der Waals surface area contributed by atoms with Crippen molar-refractivity contribution in [3.05, 3.63) is 89.0 Å². The summed E-state index contributed by atoms with van der Waals surface area (Å²) in [4.78, 5) is 24.6. The van der Waals surface area contributed by atoms with Crippen molar-refractivity contribution in [2.75, 3.05) is 43.9 Å². The zero-order valence-corrected chi connectivity index (χ0v) is 27.5. The van der Waals surface area contributed by atoms with Crippen molar-refractivity contribution in [3.8, 4) is 0 Å². The van der Waals surface area contributed by atoms with Crippen LogP contribution in [0.4, 0.5) is 30.5 Å². The molecule has 3 aromatic carbocycles. The van der Waals surface area contributed by atoms with E-state index in [4.69, 9.17) is 10.7 Å². The number of para-hydroxylation sites is 2. The third-order valence-corrected chi connectivity index (χ3v) is 8.05. The molecule has 0 radical (unpaired) electrons. The van der Waals surface area contributed by atoms with Crippen LogP contribution >= 0.6 is 0 Å². The van der Waals surface area contributed by atoms with E-state index in [9.17, 15) is 18.0 Å². The Bertz CT molecular complexity index is 1760. The minimum Gasteiger partial charge on any atom is -0.384 e. The quantitative estimate of drug-likeness (QED) is 0.0691. The number of alkyl halides is 3. The van der Waals surface area contributed by atoms with Crippen LogP contribution in [-0.4, -0.2) is 59.4 Å². The molecule has 12 heteroatoms. The molecule has 0 fully saturated rings. The number of unbranched alkanes of at least 4 members (excludes halogenated alkanes) is 1. The number of aromatic nitrogens is 2. The maximum absolute atomic E-state index is 13.2. The second kappa shape index (κ2) is 15.6. The van der Waals surface area contributed by atoms with Crippen molar-refractivity contribution >= 4 is 45.9 Å². The lowest BCUT2D eigenvalue weighted by Gasteiger charge is -2.19. The Morgan fingerprint density at radius 3 is 2.47 bits per heavy atom. The van der Waals surface area contributed by atoms with E-state index in [1.807, 2.05) is 42.7 Å². The van der Waals surface area contributed by atoms with Crippen molar-refractivity contribution in [1.29, 1.82) is 0 Å². The van der Waals surface area contributed by atoms with Gasteiger partial charge in [0.25, 0.3) is 5.91 Å². The lowest BCUT2D eigenvalue weighted by atomic mass is 10.1. The van der Waals surface area contributed by atoms with E-state index in [2.05, 4.69) is 39.7 Å². The predicted molar refractivity (Wildman–Crippen MR) is 185 cm³/mol. The molecule has 9 nitrogen and oxygen atoms in total. The average Bonchev–Trinajstić information content (AvgIpc) is 3.43. The highest BCUT2D eigenvalue weighted by molar-refractivity contribution is 6.05. The van der Waals surface area contributed by atoms with Crippen molar-refractivity contribution < 1.29 is 18.0 Å². The van der Waals surface area contributed by atoms with E-state index >= 15 is 0 Å². The van der Waals surface area contributed by atoms with Gasteiger partial charge in [0.05, 0.1) is 16.6 Å². The molecule has 1 heterocycles. The molecular formula is C35H43F3N8O. The van der Waals surface area contributed by atoms with Gasteiger partial charge in [-0.25, -0.2) is 4.98 Å². The number of carbonyl (C=O) groups is 1. The van der Waals surface area contributed by atoms with Crippen LogP contribution in [0.25, 0.3) is 16.9 Å². The van der Waals surface area contributed by atoms with Gasteiger partial charge in [0.15, 0.2) is 0 Å². The molecule has 0 atom stereocenters. The maximum Gasteiger partial charge on any atom is 0.416 e. The third kappa shape index (κ3) is 8.70. The van der Waals surface area contributed by atoms with E-state index in [1.54, 1.807) is 25.2 Å². The number of carbonyl (C=O) groups excluding carboxylic acids is 1. The Hall–Kier alpha value is -4.84. The monoisotopic (exact) mass is 648 g/mol. The highest BCUT2D eigenvalue weighted by Gasteiger charge is 2.31. The van der Waals surface area contributed by atoms with Gasteiger partial charge in [0.1, 0.15) is 11.7 Å². The van der Waals surface area contributed by atoms with Crippen LogP contribution in [0, 0.1) is 6.92 Å². The van der Waals surface area contributed by atoms with Crippen LogP contribution in [-0.2, 0) is 6.18 Å². The number of fused-ring (bicyclic) bond motifs is 1. The molecule has 1 aromatic heterocycles. The van der Waals surface area contributed by atoms with Gasteiger partial charge < -0.3 is 26.6 Å². The Kier molecular flexibility index (Phi) is 11.7. The summed E-state index contributed by atoms with van der Waals surface area (Å²) in [6.45, 7) is 12.0. The summed E-state index contributed by atoms with van der Waals surface area (Å²) in [5.41, 5.74) is 9.96. The molecule has 0 unspecified atom stereocenters. The van der Waals surface area contributed by atoms with E-state index in [0.717, 1.165) is 73.3 Å². The Morgan fingerprint density at radius 2 is 1.77 bits per heavy atom. The number of hydrogen-bond donors (Lipinski definition) is 4. The number of benzene rings is 3. The van der Waals surface area contributed by atoms with Crippen LogP contribution in [0.15, 0.2) is 77.3 Å². The number of nitrogens with one attached hydrogen (secondary N) is 3. The van der Waals surface area contributed by atoms with Crippen molar-refractivity contribution in [1.82, 2.24) is 19.8 Å². The fourth-order valence-electron chi connectivity index (χ4n) is 5.22. The fraction of sp³-hybridized carbons (Fsp3) is 0.343. The average molecular weight is 649 g/mol. The first-order chi connectivity index (χ1) is 22.5. The molecule has 0 spiro atoms. The Balaban J connectivity index is 1.58. The number of imidazole rings is 1. The van der Waals surface area contributed by atoms with Gasteiger partial charge in [-0.3, -0.25) is 14.4 Å². The van der Waals surface area contributed by atoms with Gasteiger partial charge in [-0.2, -0.15) is 13.2 Å². The fourth-order valence-corrected chi connectivity index (χ4v) is 5.22. The van der Waals surface area contributed by atoms with Gasteiger partial charge in [-0.1, -0.05) is 38.1 Å². The number of nitrogens with zero attached hydrogens (tertiary/aromatic N) is 4. The molecule has 250 valence electrons. The van der Waals surface area contributed by atoms with Crippen LogP contribution in [0.5, 0.6) is 0 Å². The van der Waals surface area contributed by atoms with Gasteiger partial charge in [0.2, 0.25) is 5.95 Å². The first-order valence-corrected chi connectivity index (χ1v) is 15.7. The number of nitrogens with two attached hydrogens (primary N) is 1. The highest BCUT2D eigenvalue weighted by Crippen LogP contribution is 2.31. The number of halogens is 3. The summed E-state index contributed by atoms with van der Waals surface area (Å²) in [7, 11) is 1.72. The number of anilines is 3. The number of amidine groups is 1. The van der Waals surface area contributed by atoms with Gasteiger partial charge >= 0.3 is 6.18 Å². The first kappa shape index (κ1) is 35.0. The zero-order chi connectivity index (χ0) is 34.1. The number of aliphatic imine (C=N–C) groups is 1. The van der Waals surface area contributed by atoms with E-state index in [-0.39, 0.29) is 5.56 Å². The molecule has 0 saturated carbocycles. The topological polar surface area (TPSA) is 113 Å². The third-order valence-electron chi connectivity index (χ3n) is 8.05. The molecule has 47 heavy (non-hydrogen) atoms. The van der Waals surface area contributed by atoms with Crippen molar-refractivity contribution in [3.63, 3.8) is 0 Å². The second-order valence-corrected chi connectivity index (χ2v) is 11.2. The van der Waals surface area contributed by atoms with E-state index in [0.29, 0.717) is 29.0 Å². The molecule has 0 aliphatic heterocycles. The molecule has 4 aromatic rings. The normalized spacial score (nSPS) is 12.7. The highest BCUT2D eigenvalue weighted by atomic mass is 19.4. The zero-order valence-electron chi connectivity index (χ0n) is 27.5. The van der Waals surface area contributed by atoms with E-state index in [1.165, 1.54) is 12.1 Å². The number of amides is 1. The van der Waals surface area contributed by atoms with Crippen LogP contribution in [0.3, 0.4) is 0 Å². The predicted octanol–water partition coefficient (Wildman–Crippen LogP) is 7.25. The van der Waals surface area contributed by atoms with Gasteiger partial charge in [-0.05, 0) is 94.4 Å². The molecule has 0 aliphatic rings. The SMILES string of the molecule is CCN(CC)CCCCNC(=NC)C(C)=C(N)n1c(Nc2cc(NC(=O)c3cccc(C(F)(F)F)c3)ccc2C)nc2ccccc21. The number of aryl methyl sites for hydroxylation is 1. The molecule has 0 saturated heterocycles. The standard InChI is InChI=1S/C35H43F3N8O/c1-6-45(7-2)20-11-10-19-41-32(40-5)24(4)31(39)46-30-16-9-8-15-28(30)43-34(46)44-29-22-27(18-17-23(29)3)42-33(47)25-13-12-14-26(21-25)35(36,37)38/h8-9,12-18,21-22H,6-7,10-11,19-20,39H2,1-5H3,(H,40,41)(H,42,47)(H,43,44). The molecular weight excluding hydrogens is 605 g/mol. The Labute approximate surface area is 273 Å². The molecule has 1 amide bonds. The van der Waals surface area contributed by atoms with Gasteiger partial charge in [-0.15, -0.1) is 0 Å². The summed E-state index contributed by atoms with van der Waals surface area (Å²) < 4.78 is 41.4. The number of hydrogen-bond acceptors (Lipinski definition) is 6. The van der Waals surface area contributed by atoms with Crippen molar-refractivity contribution in [2.45, 2.75) is 46.7 Å². The van der Waals surface area contributed by atoms with Crippen molar-refractivity contribution in [2.24, 2.45) is 10.7 Å². The summed E-state index contributed by atoms with van der Waals surface area (Å²) >= 11 is 0. The lowest BCUT2D eigenvalue weighted by molar-refractivity contribution is -0.137. The Morgan fingerprint density at radius 1 is 1.02 bits per heavy atom. The maximum atomic E-state index is 13.2. The number of rotatable bonds is 13. The largest absolute Gasteiger partial charge is 0.416 e. The molecule has 0 aliphatic carbocycles. The van der Waals surface area contributed by atoms with Crippen LogP contribution in [0.2, 0.25) is 0 Å². The summed E-state index contributed by atoms with van der Waals surface area (Å²) in [5.74, 6) is 0.906. The second-order valence-electron chi connectivity index (χ2n) is 11.2. The smallest absolute Gasteiger partial charge is 0.384 e. The minimum atomic E-state index is -4.55. The molecule has 5 N–H and O–H groups in total. The lowest BCUT2D eigenvalue weighted by Crippen LogP contribution is -2.29. The first-order valence-electron chi connectivity index (χ1n) is 15.7. The van der Waals surface area contributed by atoms with Crippen LogP contribution < -0.4 is 21.7 Å². The summed E-state index contributed by atoms with van der Waals surface area (Å²) in [6, 6.07) is 17.1. The minimum absolute atomic E-state index is 0.101. The summed E-state index contributed by atoms with van der Waals surface area (Å²) in [5, 5.41) is 9.50. The molecule has 0 bridgehead atoms. The van der Waals surface area contributed by atoms with Crippen LogP contribution in [0.1, 0.15) is 55.1 Å². The van der Waals surface area contributed by atoms with Gasteiger partial charge in [0, 0.05) is 36.1 Å². The summed E-state index contributed by atoms with van der Waals surface area (Å²) in [6.07, 6.45) is -2.49. The molecule has 4 rings (SSSR count). The van der Waals surface area contributed by atoms with E-state index < -0.39 is 17.6 Å².